The molecule has 1 N–H and O–H groups in total. The number of benzene rings is 2. The van der Waals surface area contributed by atoms with Crippen LogP contribution in [0.2, 0.25) is 0 Å². The minimum Gasteiger partial charge on any atom is -0.494 e. The lowest BCUT2D eigenvalue weighted by atomic mass is 10.2. The molecular weight excluding hydrogens is 356 g/mol. The molecule has 0 fully saturated rings. The summed E-state index contributed by atoms with van der Waals surface area (Å²) in [4.78, 5) is 25.0. The molecule has 0 saturated carbocycles. The number of esters is 1. The van der Waals surface area contributed by atoms with Crippen molar-refractivity contribution < 1.29 is 19.1 Å². The lowest BCUT2D eigenvalue weighted by molar-refractivity contribution is -0.123. The molecule has 6 nitrogen and oxygen atoms in total. The third-order valence-corrected chi connectivity index (χ3v) is 4.44. The SMILES string of the molecule is CCOc1ccc(NC(=O)C(C)OC(=O)c2cn(CC)c3ccccc23)cc1. The number of hydrogen-bond donors (Lipinski definition) is 1. The van der Waals surface area contributed by atoms with E-state index in [1.54, 1.807) is 37.4 Å². The van der Waals surface area contributed by atoms with Gasteiger partial charge in [-0.2, -0.15) is 0 Å². The number of carbonyl (C=O) groups excluding carboxylic acids is 2. The van der Waals surface area contributed by atoms with Gasteiger partial charge in [0.1, 0.15) is 5.75 Å². The number of aromatic nitrogens is 1. The Morgan fingerprint density at radius 1 is 1.07 bits per heavy atom. The maximum absolute atomic E-state index is 12.6. The Bertz CT molecular complexity index is 976. The van der Waals surface area contributed by atoms with Crippen LogP contribution in [0.3, 0.4) is 0 Å². The highest BCUT2D eigenvalue weighted by Crippen LogP contribution is 2.23. The number of aryl methyl sites for hydroxylation is 1. The average Bonchev–Trinajstić information content (AvgIpc) is 3.08. The number of rotatable bonds is 7. The van der Waals surface area contributed by atoms with Gasteiger partial charge in [-0.15, -0.1) is 0 Å². The van der Waals surface area contributed by atoms with Gasteiger partial charge in [-0.1, -0.05) is 18.2 Å². The minimum atomic E-state index is -0.928. The Labute approximate surface area is 164 Å². The fraction of sp³-hybridized carbons (Fsp3) is 0.273. The first-order valence-corrected chi connectivity index (χ1v) is 9.36. The lowest BCUT2D eigenvalue weighted by Crippen LogP contribution is -2.29. The van der Waals surface area contributed by atoms with E-state index in [-0.39, 0.29) is 0 Å². The molecule has 0 aliphatic rings. The van der Waals surface area contributed by atoms with Crippen molar-refractivity contribution in [1.29, 1.82) is 0 Å². The molecule has 1 atom stereocenters. The quantitative estimate of drug-likeness (QED) is 0.622. The van der Waals surface area contributed by atoms with E-state index in [1.165, 1.54) is 0 Å². The molecule has 0 radical (unpaired) electrons. The van der Waals surface area contributed by atoms with Crippen molar-refractivity contribution in [3.63, 3.8) is 0 Å². The summed E-state index contributed by atoms with van der Waals surface area (Å²) in [7, 11) is 0. The van der Waals surface area contributed by atoms with E-state index in [9.17, 15) is 9.59 Å². The number of para-hydroxylation sites is 1. The maximum atomic E-state index is 12.6. The minimum absolute atomic E-state index is 0.392. The standard InChI is InChI=1S/C22H24N2O4/c1-4-24-14-19(18-8-6-7-9-20(18)24)22(26)28-15(3)21(25)23-16-10-12-17(13-11-16)27-5-2/h6-15H,4-5H2,1-3H3,(H,23,25). The normalized spacial score (nSPS) is 11.8. The van der Waals surface area contributed by atoms with Crippen molar-refractivity contribution in [2.45, 2.75) is 33.4 Å². The van der Waals surface area contributed by atoms with Crippen LogP contribution in [-0.4, -0.2) is 29.2 Å². The largest absolute Gasteiger partial charge is 0.494 e. The zero-order chi connectivity index (χ0) is 20.1. The van der Waals surface area contributed by atoms with Gasteiger partial charge in [0.15, 0.2) is 6.10 Å². The molecule has 1 aromatic heterocycles. The highest BCUT2D eigenvalue weighted by Gasteiger charge is 2.22. The molecule has 3 aromatic rings. The Morgan fingerprint density at radius 3 is 2.46 bits per heavy atom. The summed E-state index contributed by atoms with van der Waals surface area (Å²) in [6, 6.07) is 14.7. The molecule has 1 heterocycles. The summed E-state index contributed by atoms with van der Waals surface area (Å²) in [6.45, 7) is 6.79. The summed E-state index contributed by atoms with van der Waals surface area (Å²) in [5.41, 5.74) is 2.03. The van der Waals surface area contributed by atoms with Crippen molar-refractivity contribution in [1.82, 2.24) is 4.57 Å². The Hall–Kier alpha value is -3.28. The molecular formula is C22H24N2O4. The smallest absolute Gasteiger partial charge is 0.341 e. The first-order valence-electron chi connectivity index (χ1n) is 9.36. The van der Waals surface area contributed by atoms with E-state index < -0.39 is 18.0 Å². The number of ether oxygens (including phenoxy) is 2. The van der Waals surface area contributed by atoms with Crippen LogP contribution in [0.5, 0.6) is 5.75 Å². The molecule has 2 aromatic carbocycles. The first kappa shape index (κ1) is 19.5. The number of anilines is 1. The predicted molar refractivity (Wildman–Crippen MR) is 109 cm³/mol. The van der Waals surface area contributed by atoms with E-state index >= 15 is 0 Å². The molecule has 0 aliphatic heterocycles. The summed E-state index contributed by atoms with van der Waals surface area (Å²) in [5.74, 6) is -0.179. The van der Waals surface area contributed by atoms with E-state index in [0.29, 0.717) is 17.9 Å². The van der Waals surface area contributed by atoms with Gasteiger partial charge in [0, 0.05) is 29.3 Å². The Kier molecular flexibility index (Phi) is 5.99. The van der Waals surface area contributed by atoms with Crippen molar-refractivity contribution in [3.05, 3.63) is 60.3 Å². The van der Waals surface area contributed by atoms with Crippen LogP contribution in [0.4, 0.5) is 5.69 Å². The molecule has 28 heavy (non-hydrogen) atoms. The summed E-state index contributed by atoms with van der Waals surface area (Å²) < 4.78 is 12.8. The van der Waals surface area contributed by atoms with E-state index in [1.807, 2.05) is 42.7 Å². The van der Waals surface area contributed by atoms with Crippen LogP contribution in [0.25, 0.3) is 10.9 Å². The van der Waals surface area contributed by atoms with Crippen LogP contribution in [0, 0.1) is 0 Å². The highest BCUT2D eigenvalue weighted by molar-refractivity contribution is 6.05. The number of nitrogens with zero attached hydrogens (tertiary/aromatic N) is 1. The summed E-state index contributed by atoms with van der Waals surface area (Å²) in [5, 5.41) is 3.56. The van der Waals surface area contributed by atoms with Gasteiger partial charge in [0.05, 0.1) is 12.2 Å². The topological polar surface area (TPSA) is 69.6 Å². The third kappa shape index (κ3) is 4.17. The Morgan fingerprint density at radius 2 is 1.79 bits per heavy atom. The number of amides is 1. The van der Waals surface area contributed by atoms with Crippen molar-refractivity contribution in [2.75, 3.05) is 11.9 Å². The lowest BCUT2D eigenvalue weighted by Gasteiger charge is -2.13. The molecule has 3 rings (SSSR count). The molecule has 0 bridgehead atoms. The second-order valence-electron chi connectivity index (χ2n) is 6.34. The predicted octanol–water partition coefficient (Wildman–Crippen LogP) is 4.24. The summed E-state index contributed by atoms with van der Waals surface area (Å²) in [6.07, 6.45) is 0.840. The van der Waals surface area contributed by atoms with Crippen LogP contribution in [0.1, 0.15) is 31.1 Å². The number of carbonyl (C=O) groups is 2. The zero-order valence-electron chi connectivity index (χ0n) is 16.3. The van der Waals surface area contributed by atoms with E-state index in [4.69, 9.17) is 9.47 Å². The summed E-state index contributed by atoms with van der Waals surface area (Å²) >= 11 is 0. The van der Waals surface area contributed by atoms with Crippen LogP contribution in [0.15, 0.2) is 54.7 Å². The highest BCUT2D eigenvalue weighted by atomic mass is 16.5. The van der Waals surface area contributed by atoms with Crippen molar-refractivity contribution >= 4 is 28.5 Å². The fourth-order valence-corrected chi connectivity index (χ4v) is 2.99. The first-order chi connectivity index (χ1) is 13.5. The number of hydrogen-bond acceptors (Lipinski definition) is 4. The van der Waals surface area contributed by atoms with Crippen molar-refractivity contribution in [3.8, 4) is 5.75 Å². The fourth-order valence-electron chi connectivity index (χ4n) is 2.99. The van der Waals surface area contributed by atoms with Gasteiger partial charge in [-0.25, -0.2) is 4.79 Å². The van der Waals surface area contributed by atoms with Gasteiger partial charge >= 0.3 is 5.97 Å². The van der Waals surface area contributed by atoms with Crippen molar-refractivity contribution in [2.24, 2.45) is 0 Å². The third-order valence-electron chi connectivity index (χ3n) is 4.44. The number of nitrogens with one attached hydrogen (secondary N) is 1. The molecule has 0 saturated heterocycles. The van der Waals surface area contributed by atoms with Gasteiger partial charge in [-0.3, -0.25) is 4.79 Å². The van der Waals surface area contributed by atoms with E-state index in [0.717, 1.165) is 23.2 Å². The van der Waals surface area contributed by atoms with Crippen LogP contribution >= 0.6 is 0 Å². The zero-order valence-corrected chi connectivity index (χ0v) is 16.3. The average molecular weight is 380 g/mol. The van der Waals surface area contributed by atoms with Gasteiger partial charge in [-0.05, 0) is 51.1 Å². The van der Waals surface area contributed by atoms with Gasteiger partial charge < -0.3 is 19.4 Å². The maximum Gasteiger partial charge on any atom is 0.341 e. The monoisotopic (exact) mass is 380 g/mol. The van der Waals surface area contributed by atoms with Crippen LogP contribution in [-0.2, 0) is 16.1 Å². The second-order valence-corrected chi connectivity index (χ2v) is 6.34. The molecule has 6 heteroatoms. The van der Waals surface area contributed by atoms with E-state index in [2.05, 4.69) is 5.32 Å². The van der Waals surface area contributed by atoms with Gasteiger partial charge in [0.2, 0.25) is 0 Å². The Balaban J connectivity index is 1.67. The second kappa shape index (κ2) is 8.61. The van der Waals surface area contributed by atoms with Crippen LogP contribution < -0.4 is 10.1 Å². The molecule has 0 spiro atoms. The molecule has 1 unspecified atom stereocenters. The molecule has 0 aliphatic carbocycles. The molecule has 1 amide bonds. The number of fused-ring (bicyclic) bond motifs is 1. The van der Waals surface area contributed by atoms with Gasteiger partial charge in [0.25, 0.3) is 5.91 Å². The molecule has 146 valence electrons.